The molecule has 2 aromatic carbocycles. The maximum Gasteiger partial charge on any atom is 0.225 e. The molecule has 4 nitrogen and oxygen atoms in total. The number of carbonyl (C=O) groups is 2. The van der Waals surface area contributed by atoms with E-state index in [0.717, 1.165) is 11.3 Å². The highest BCUT2D eigenvalue weighted by molar-refractivity contribution is 6.02. The van der Waals surface area contributed by atoms with Crippen LogP contribution in [0, 0.1) is 5.82 Å². The number of allylic oxidation sites excluding steroid dienone is 2. The van der Waals surface area contributed by atoms with Crippen molar-refractivity contribution >= 4 is 11.7 Å². The molecule has 1 N–H and O–H groups in total. The first-order valence-electron chi connectivity index (χ1n) is 9.99. The summed E-state index contributed by atoms with van der Waals surface area (Å²) in [5, 5.41) is 2.88. The quantitative estimate of drug-likeness (QED) is 0.825. The third-order valence-corrected chi connectivity index (χ3v) is 5.54. The van der Waals surface area contributed by atoms with E-state index in [9.17, 15) is 14.0 Å². The van der Waals surface area contributed by atoms with E-state index in [4.69, 9.17) is 4.74 Å². The maximum atomic E-state index is 14.4. The number of rotatable bonds is 4. The zero-order chi connectivity index (χ0) is 20.5. The van der Waals surface area contributed by atoms with E-state index >= 15 is 0 Å². The van der Waals surface area contributed by atoms with E-state index in [-0.39, 0.29) is 36.0 Å². The molecule has 0 aromatic heterocycles. The Morgan fingerprint density at radius 2 is 1.72 bits per heavy atom. The average Bonchev–Trinajstić information content (AvgIpc) is 2.67. The number of benzene rings is 2. The van der Waals surface area contributed by atoms with Crippen molar-refractivity contribution < 1.29 is 18.7 Å². The van der Waals surface area contributed by atoms with Gasteiger partial charge in [0.15, 0.2) is 5.78 Å². The number of halogens is 1. The molecular weight excluding hydrogens is 369 g/mol. The molecule has 150 valence electrons. The molecule has 0 bridgehead atoms. The lowest BCUT2D eigenvalue weighted by atomic mass is 9.73. The lowest BCUT2D eigenvalue weighted by molar-refractivity contribution is -0.122. The summed E-state index contributed by atoms with van der Waals surface area (Å²) in [6.07, 6.45) is 1.10. The van der Waals surface area contributed by atoms with Crippen LogP contribution >= 0.6 is 0 Å². The molecule has 5 heteroatoms. The Hall–Kier alpha value is -2.95. The molecule has 0 saturated carbocycles. The third-order valence-electron chi connectivity index (χ3n) is 5.54. The summed E-state index contributed by atoms with van der Waals surface area (Å²) in [4.78, 5) is 25.4. The number of carbonyl (C=O) groups excluding carboxylic acids is 2. The van der Waals surface area contributed by atoms with Gasteiger partial charge in [-0.15, -0.1) is 0 Å². The minimum Gasteiger partial charge on any atom is -0.491 e. The Morgan fingerprint density at radius 3 is 2.41 bits per heavy atom. The van der Waals surface area contributed by atoms with Crippen molar-refractivity contribution in [2.45, 2.75) is 51.0 Å². The van der Waals surface area contributed by atoms with Crippen LogP contribution in [0.1, 0.15) is 56.1 Å². The van der Waals surface area contributed by atoms with Gasteiger partial charge in [0.1, 0.15) is 11.6 Å². The van der Waals surface area contributed by atoms with E-state index in [2.05, 4.69) is 5.32 Å². The third kappa shape index (κ3) is 3.95. The predicted octanol–water partition coefficient (Wildman–Crippen LogP) is 4.62. The summed E-state index contributed by atoms with van der Waals surface area (Å²) in [7, 11) is 0. The van der Waals surface area contributed by atoms with E-state index in [1.54, 1.807) is 18.2 Å². The van der Waals surface area contributed by atoms with E-state index in [0.29, 0.717) is 29.7 Å². The molecule has 2 aliphatic rings. The fraction of sp³-hybridized carbons (Fsp3) is 0.333. The predicted molar refractivity (Wildman–Crippen MR) is 108 cm³/mol. The standard InChI is InChI=1S/C24H24FNO3/c1-14(2)29-17-9-7-15(8-10-17)16-11-21-24(22(27)12-16)19(13-23(28)26-21)18-5-3-4-6-20(18)25/h3-10,14,16,19H,11-13H2,1-2H3,(H,26,28). The zero-order valence-electron chi connectivity index (χ0n) is 16.6. The molecular formula is C24H24FNO3. The molecule has 29 heavy (non-hydrogen) atoms. The first-order valence-corrected chi connectivity index (χ1v) is 9.99. The van der Waals surface area contributed by atoms with Gasteiger partial charge in [0.2, 0.25) is 5.91 Å². The van der Waals surface area contributed by atoms with Crippen LogP contribution in [-0.4, -0.2) is 17.8 Å². The first kappa shape index (κ1) is 19.4. The molecule has 1 aliphatic heterocycles. The van der Waals surface area contributed by atoms with E-state index < -0.39 is 5.92 Å². The molecule has 4 rings (SSSR count). The van der Waals surface area contributed by atoms with E-state index in [1.165, 1.54) is 6.07 Å². The topological polar surface area (TPSA) is 55.4 Å². The van der Waals surface area contributed by atoms with Crippen LogP contribution < -0.4 is 10.1 Å². The molecule has 0 saturated heterocycles. The molecule has 2 unspecified atom stereocenters. The summed E-state index contributed by atoms with van der Waals surface area (Å²) in [5.41, 5.74) is 2.64. The smallest absolute Gasteiger partial charge is 0.225 e. The van der Waals surface area contributed by atoms with Gasteiger partial charge in [-0.3, -0.25) is 9.59 Å². The minimum absolute atomic E-state index is 0.0194. The number of amides is 1. The first-order chi connectivity index (χ1) is 13.9. The lowest BCUT2D eigenvalue weighted by Crippen LogP contribution is -2.38. The maximum absolute atomic E-state index is 14.4. The molecule has 0 fully saturated rings. The highest BCUT2D eigenvalue weighted by atomic mass is 19.1. The van der Waals surface area contributed by atoms with Crippen LogP contribution in [0.4, 0.5) is 4.39 Å². The van der Waals surface area contributed by atoms with Gasteiger partial charge in [0.25, 0.3) is 0 Å². The van der Waals surface area contributed by atoms with Crippen molar-refractivity contribution in [1.29, 1.82) is 0 Å². The van der Waals surface area contributed by atoms with Crippen LogP contribution in [0.2, 0.25) is 0 Å². The van der Waals surface area contributed by atoms with Gasteiger partial charge in [0, 0.05) is 30.0 Å². The fourth-order valence-corrected chi connectivity index (χ4v) is 4.31. The van der Waals surface area contributed by atoms with Crippen LogP contribution in [-0.2, 0) is 9.59 Å². The molecule has 1 aliphatic carbocycles. The summed E-state index contributed by atoms with van der Waals surface area (Å²) in [6.45, 7) is 3.94. The van der Waals surface area contributed by atoms with Gasteiger partial charge in [-0.1, -0.05) is 30.3 Å². The Bertz CT molecular complexity index is 978. The Balaban J connectivity index is 1.63. The van der Waals surface area contributed by atoms with Gasteiger partial charge in [-0.2, -0.15) is 0 Å². The van der Waals surface area contributed by atoms with Crippen molar-refractivity contribution in [3.63, 3.8) is 0 Å². The highest BCUT2D eigenvalue weighted by Gasteiger charge is 2.38. The normalized spacial score (nSPS) is 21.8. The monoisotopic (exact) mass is 393 g/mol. The van der Waals surface area contributed by atoms with Crippen LogP contribution in [0.3, 0.4) is 0 Å². The number of Topliss-reactive ketones (excluding diaryl/α,β-unsaturated/α-hetero) is 1. The number of ketones is 1. The lowest BCUT2D eigenvalue weighted by Gasteiger charge is -2.34. The van der Waals surface area contributed by atoms with Gasteiger partial charge in [0.05, 0.1) is 6.10 Å². The van der Waals surface area contributed by atoms with Crippen molar-refractivity contribution in [1.82, 2.24) is 5.32 Å². The number of hydrogen-bond donors (Lipinski definition) is 1. The van der Waals surface area contributed by atoms with Crippen molar-refractivity contribution in [3.8, 4) is 5.75 Å². The number of hydrogen-bond acceptors (Lipinski definition) is 3. The van der Waals surface area contributed by atoms with Gasteiger partial charge < -0.3 is 10.1 Å². The molecule has 0 spiro atoms. The summed E-state index contributed by atoms with van der Waals surface area (Å²) >= 11 is 0. The molecule has 2 atom stereocenters. The van der Waals surface area contributed by atoms with Gasteiger partial charge in [-0.25, -0.2) is 4.39 Å². The average molecular weight is 393 g/mol. The van der Waals surface area contributed by atoms with Gasteiger partial charge in [-0.05, 0) is 55.5 Å². The van der Waals surface area contributed by atoms with E-state index in [1.807, 2.05) is 38.1 Å². The summed E-state index contributed by atoms with van der Waals surface area (Å²) in [6, 6.07) is 14.1. The molecule has 1 amide bonds. The second-order valence-electron chi connectivity index (χ2n) is 7.98. The largest absolute Gasteiger partial charge is 0.491 e. The number of ether oxygens (including phenoxy) is 1. The summed E-state index contributed by atoms with van der Waals surface area (Å²) < 4.78 is 20.1. The van der Waals surface area contributed by atoms with Crippen molar-refractivity contribution in [2.24, 2.45) is 0 Å². The van der Waals surface area contributed by atoms with Crippen LogP contribution in [0.15, 0.2) is 59.8 Å². The van der Waals surface area contributed by atoms with Gasteiger partial charge >= 0.3 is 0 Å². The Labute approximate surface area is 169 Å². The molecule has 1 heterocycles. The second-order valence-corrected chi connectivity index (χ2v) is 7.98. The summed E-state index contributed by atoms with van der Waals surface area (Å²) in [5.74, 6) is -0.325. The zero-order valence-corrected chi connectivity index (χ0v) is 16.6. The molecule has 0 radical (unpaired) electrons. The number of nitrogens with one attached hydrogen (secondary N) is 1. The second kappa shape index (κ2) is 7.82. The fourth-order valence-electron chi connectivity index (χ4n) is 4.31. The SMILES string of the molecule is CC(C)Oc1ccc(C2CC(=O)C3=C(C2)NC(=O)CC3c2ccccc2F)cc1. The van der Waals surface area contributed by atoms with Crippen LogP contribution in [0.5, 0.6) is 5.75 Å². The highest BCUT2D eigenvalue weighted by Crippen LogP contribution is 2.43. The molecule has 2 aromatic rings. The Morgan fingerprint density at radius 1 is 1.00 bits per heavy atom. The minimum atomic E-state index is -0.518. The van der Waals surface area contributed by atoms with Crippen molar-refractivity contribution in [3.05, 3.63) is 76.7 Å². The van der Waals surface area contributed by atoms with Crippen molar-refractivity contribution in [2.75, 3.05) is 0 Å². The Kier molecular flexibility index (Phi) is 5.22. The van der Waals surface area contributed by atoms with Crippen LogP contribution in [0.25, 0.3) is 0 Å².